The molecule has 2 aromatic heterocycles. The molecule has 4 unspecified atom stereocenters. The number of benzene rings is 15. The van der Waals surface area contributed by atoms with Gasteiger partial charge in [-0.05, 0) is 257 Å². The molecule has 17 aromatic rings. The molecule has 15 aromatic carbocycles. The highest BCUT2D eigenvalue weighted by Crippen LogP contribution is 2.59. The standard InChI is InChI=1S/C102H76N4O16/c1-51-29-52(2)34-65(33-51)117-83-43-75-87-76(100(110)105(99(75)109)95(59-17-27-73-71-13-9-11-15-79(71)121-81(73)41-59)97(107)103-61-19-23-63(24-20-61)113-47-69-49-115-69)45-85(119-67-37-55(5)31-56(6)38-67)91-92-86(120-68-39-57(7)32-58(8)40-68)46-78-88-77(44-84(90(94(88)92)89(83)93(87)91)118-66-35-53(3)30-54(4)36-66)101(111)106(102(78)112)96(60-18-28-74-72-14-10-12-16-80(72)122-82(74)42-60)98(108)104-62-21-25-64(26-22-62)114-48-70-50-116-70/h9-46,69-70,95-96H,47-50H2,1-8H3,(H,103,107)(H,104,108). The van der Waals surface area contributed by atoms with Crippen LogP contribution in [0.4, 0.5) is 11.4 Å². The Hall–Kier alpha value is -14.9. The number of hydrogen-bond acceptors (Lipinski definition) is 16. The van der Waals surface area contributed by atoms with Gasteiger partial charge in [0.1, 0.15) is 117 Å². The second-order valence-corrected chi connectivity index (χ2v) is 32.4. The van der Waals surface area contributed by atoms with Gasteiger partial charge in [-0.15, -0.1) is 0 Å². The molecule has 4 aliphatic rings. The Bertz CT molecular complexity index is 6630. The molecule has 4 aliphatic heterocycles. The lowest BCUT2D eigenvalue weighted by atomic mass is 9.80. The van der Waals surface area contributed by atoms with Crippen molar-refractivity contribution in [1.29, 1.82) is 0 Å². The summed E-state index contributed by atoms with van der Waals surface area (Å²) in [6, 6.07) is 65.0. The van der Waals surface area contributed by atoms with Crippen LogP contribution in [-0.2, 0) is 19.1 Å². The van der Waals surface area contributed by atoms with Crippen LogP contribution in [-0.4, -0.2) is 83.9 Å². The Balaban J connectivity index is 0.851. The lowest BCUT2D eigenvalue weighted by Crippen LogP contribution is -2.47. The molecule has 0 spiro atoms. The number of hydrogen-bond donors (Lipinski definition) is 2. The maximum Gasteiger partial charge on any atom is 0.262 e. The lowest BCUT2D eigenvalue weighted by Gasteiger charge is -2.36. The largest absolute Gasteiger partial charge is 0.491 e. The number of rotatable bonds is 22. The minimum absolute atomic E-state index is 0.0110. The van der Waals surface area contributed by atoms with E-state index >= 15 is 28.8 Å². The van der Waals surface area contributed by atoms with Crippen molar-refractivity contribution in [1.82, 2.24) is 9.80 Å². The van der Waals surface area contributed by atoms with Crippen LogP contribution in [0.2, 0.25) is 0 Å². The van der Waals surface area contributed by atoms with E-state index in [1.54, 1.807) is 97.1 Å². The van der Waals surface area contributed by atoms with E-state index in [2.05, 4.69) is 10.6 Å². The third-order valence-corrected chi connectivity index (χ3v) is 23.0. The molecular formula is C102H76N4O16. The van der Waals surface area contributed by atoms with E-state index < -0.39 is 47.5 Å². The van der Waals surface area contributed by atoms with Crippen LogP contribution in [0.15, 0.2) is 239 Å². The summed E-state index contributed by atoms with van der Waals surface area (Å²) < 4.78 is 65.8. The zero-order valence-electron chi connectivity index (χ0n) is 67.5. The number of epoxide rings is 2. The highest BCUT2D eigenvalue weighted by Gasteiger charge is 2.48. The molecule has 6 amide bonds. The van der Waals surface area contributed by atoms with Crippen LogP contribution in [0.1, 0.15) is 109 Å². The van der Waals surface area contributed by atoms with Crippen LogP contribution < -0.4 is 39.1 Å². The number of fused-ring (bicyclic) bond motifs is 8. The van der Waals surface area contributed by atoms with Gasteiger partial charge in [-0.1, -0.05) is 84.9 Å². The second kappa shape index (κ2) is 29.0. The summed E-state index contributed by atoms with van der Waals surface area (Å²) in [5.74, 6) is -2.33. The zero-order valence-corrected chi connectivity index (χ0v) is 67.5. The number of nitrogens with zero attached hydrogens (tertiary/aromatic N) is 2. The van der Waals surface area contributed by atoms with Crippen LogP contribution in [0, 0.1) is 55.4 Å². The molecule has 0 aliphatic carbocycles. The normalized spacial score (nSPS) is 15.3. The van der Waals surface area contributed by atoms with Gasteiger partial charge in [-0.25, -0.2) is 0 Å². The Morgan fingerprint density at radius 2 is 0.615 bits per heavy atom. The fourth-order valence-corrected chi connectivity index (χ4v) is 17.9. The molecule has 6 heterocycles. The molecule has 2 fully saturated rings. The first-order valence-electron chi connectivity index (χ1n) is 40.4. The van der Waals surface area contributed by atoms with Crippen molar-refractivity contribution in [3.8, 4) is 57.5 Å². The summed E-state index contributed by atoms with van der Waals surface area (Å²) in [5, 5.41) is 11.0. The first-order chi connectivity index (χ1) is 59.1. The lowest BCUT2D eigenvalue weighted by molar-refractivity contribution is -0.120. The number of imide groups is 2. The maximum absolute atomic E-state index is 17.2. The predicted octanol–water partition coefficient (Wildman–Crippen LogP) is 22.7. The molecule has 122 heavy (non-hydrogen) atoms. The summed E-state index contributed by atoms with van der Waals surface area (Å²) in [6.07, 6.45) is -0.0219. The molecule has 2 N–H and O–H groups in total. The van der Waals surface area contributed by atoms with Crippen LogP contribution in [0.25, 0.3) is 87.0 Å². The number of ether oxygens (including phenoxy) is 8. The first kappa shape index (κ1) is 74.7. The van der Waals surface area contributed by atoms with Crippen LogP contribution in [0.5, 0.6) is 57.5 Å². The Morgan fingerprint density at radius 3 is 0.910 bits per heavy atom. The molecular weight excluding hydrogens is 1540 g/mol. The van der Waals surface area contributed by atoms with Crippen molar-refractivity contribution in [2.24, 2.45) is 0 Å². The summed E-state index contributed by atoms with van der Waals surface area (Å²) >= 11 is 0. The fourth-order valence-electron chi connectivity index (χ4n) is 17.9. The van der Waals surface area contributed by atoms with Gasteiger partial charge in [-0.3, -0.25) is 38.6 Å². The summed E-state index contributed by atoms with van der Waals surface area (Å²) in [7, 11) is 0. The van der Waals surface area contributed by atoms with Crippen molar-refractivity contribution in [2.45, 2.75) is 79.7 Å². The third-order valence-electron chi connectivity index (χ3n) is 23.0. The van der Waals surface area contributed by atoms with Crippen LogP contribution in [0.3, 0.4) is 0 Å². The van der Waals surface area contributed by atoms with Gasteiger partial charge in [0.05, 0.1) is 35.5 Å². The van der Waals surface area contributed by atoms with Crippen molar-refractivity contribution in [3.05, 3.63) is 308 Å². The van der Waals surface area contributed by atoms with E-state index in [9.17, 15) is 0 Å². The fraction of sp³-hybridized carbons (Fsp3) is 0.157. The minimum Gasteiger partial charge on any atom is -0.491 e. The van der Waals surface area contributed by atoms with Gasteiger partial charge in [0.15, 0.2) is 0 Å². The van der Waals surface area contributed by atoms with E-state index in [1.807, 2.05) is 189 Å². The molecule has 20 nitrogen and oxygen atoms in total. The Kier molecular flexibility index (Phi) is 17.8. The summed E-state index contributed by atoms with van der Waals surface area (Å²) in [6.45, 7) is 17.4. The van der Waals surface area contributed by atoms with E-state index in [-0.39, 0.29) is 112 Å². The van der Waals surface area contributed by atoms with Gasteiger partial charge in [0.2, 0.25) is 0 Å². The zero-order chi connectivity index (χ0) is 83.4. The average molecular weight is 1610 g/mol. The molecule has 0 bridgehead atoms. The molecule has 4 atom stereocenters. The SMILES string of the molecule is Cc1cc(C)cc(Oc2cc3c4c(cc(Oc5cc(C)cc(C)c5)c5c6c(Oc7cc(C)cc(C)c7)cc7c8c(cc(Oc9cc(C)cc(C)c9)c(c2c45)c86)C(=O)N(C(C(=O)Nc2ccc(OCC4CO4)cc2)c2ccc4c(c2)oc2ccccc24)C7=O)C(=O)N(C(C(=O)Nc2ccc(OCC4CO4)cc2)c2ccc4c(c2)oc2ccccc24)C3=O)c1. The minimum atomic E-state index is -1.71. The monoisotopic (exact) mass is 1610 g/mol. The van der Waals surface area contributed by atoms with Gasteiger partial charge in [0.25, 0.3) is 35.4 Å². The predicted molar refractivity (Wildman–Crippen MR) is 466 cm³/mol. The molecule has 600 valence electrons. The number of furan rings is 2. The first-order valence-corrected chi connectivity index (χ1v) is 40.4. The number of amides is 6. The van der Waals surface area contributed by atoms with E-state index in [0.29, 0.717) is 94.6 Å². The molecule has 2 saturated heterocycles. The second-order valence-electron chi connectivity index (χ2n) is 32.4. The molecule has 0 saturated carbocycles. The number of carbonyl (C=O) groups excluding carboxylic acids is 6. The topological polar surface area (TPSA) is 240 Å². The number of anilines is 2. The Morgan fingerprint density at radius 1 is 0.328 bits per heavy atom. The summed E-state index contributed by atoms with van der Waals surface area (Å²) in [5.41, 5.74) is 9.61. The molecule has 0 radical (unpaired) electrons. The molecule has 20 heteroatoms. The number of para-hydroxylation sites is 2. The van der Waals surface area contributed by atoms with Gasteiger partial charge < -0.3 is 57.4 Å². The van der Waals surface area contributed by atoms with E-state index in [4.69, 9.17) is 46.7 Å². The van der Waals surface area contributed by atoms with Crippen molar-refractivity contribution in [3.63, 3.8) is 0 Å². The van der Waals surface area contributed by atoms with Gasteiger partial charge in [-0.2, -0.15) is 0 Å². The highest BCUT2D eigenvalue weighted by atomic mass is 16.6. The van der Waals surface area contributed by atoms with Gasteiger partial charge >= 0.3 is 0 Å². The number of carbonyl (C=O) groups is 6. The van der Waals surface area contributed by atoms with E-state index in [1.165, 1.54) is 0 Å². The average Bonchev–Trinajstić information content (AvgIpc) is 0.725. The Labute approximate surface area is 697 Å². The van der Waals surface area contributed by atoms with Crippen LogP contribution >= 0.6 is 0 Å². The van der Waals surface area contributed by atoms with Crippen molar-refractivity contribution < 1.29 is 75.5 Å². The smallest absolute Gasteiger partial charge is 0.262 e. The van der Waals surface area contributed by atoms with E-state index in [0.717, 1.165) is 75.9 Å². The van der Waals surface area contributed by atoms with Crippen molar-refractivity contribution in [2.75, 3.05) is 37.1 Å². The van der Waals surface area contributed by atoms with Crippen molar-refractivity contribution >= 4 is 134 Å². The summed E-state index contributed by atoms with van der Waals surface area (Å²) in [4.78, 5) is 103. The quantitative estimate of drug-likeness (QED) is 0.0277. The number of nitrogens with one attached hydrogen (secondary N) is 2. The number of aryl methyl sites for hydroxylation is 8. The molecule has 21 rings (SSSR count). The highest BCUT2D eigenvalue weighted by molar-refractivity contribution is 6.45. The maximum atomic E-state index is 17.2. The third kappa shape index (κ3) is 13.3. The van der Waals surface area contributed by atoms with Gasteiger partial charge in [0, 0.05) is 76.0 Å².